The van der Waals surface area contributed by atoms with E-state index in [9.17, 15) is 4.79 Å². The van der Waals surface area contributed by atoms with Gasteiger partial charge >= 0.3 is 0 Å². The fraction of sp³-hybridized carbons (Fsp3) is 0.235. The van der Waals surface area contributed by atoms with Gasteiger partial charge in [-0.05, 0) is 40.0 Å². The highest BCUT2D eigenvalue weighted by molar-refractivity contribution is 14.2. The maximum absolute atomic E-state index is 12.5. The molecule has 0 aliphatic heterocycles. The molecule has 3 rings (SSSR count). The van der Waals surface area contributed by atoms with Crippen molar-refractivity contribution in [1.82, 2.24) is 18.8 Å². The molecular formula is C17H16BrIN4O2S. The lowest BCUT2D eigenvalue weighted by molar-refractivity contribution is 0.0766. The van der Waals surface area contributed by atoms with Gasteiger partial charge in [-0.3, -0.25) is 8.77 Å². The first-order chi connectivity index (χ1) is 12.5. The molecule has 6 nitrogen and oxygen atoms in total. The number of nitrogens with zero attached hydrogens (tertiary/aromatic N) is 4. The van der Waals surface area contributed by atoms with Gasteiger partial charge in [0, 0.05) is 61.2 Å². The van der Waals surface area contributed by atoms with E-state index in [0.29, 0.717) is 16.7 Å². The third-order valence-corrected chi connectivity index (χ3v) is 6.14. The Bertz CT molecular complexity index is 979. The summed E-state index contributed by atoms with van der Waals surface area (Å²) in [6, 6.07) is 5.73. The molecule has 3 aromatic rings. The summed E-state index contributed by atoms with van der Waals surface area (Å²) in [7, 11) is 3.21. The first kappa shape index (κ1) is 19.6. The van der Waals surface area contributed by atoms with Crippen molar-refractivity contribution in [3.8, 4) is 11.1 Å². The third-order valence-electron chi connectivity index (χ3n) is 4.06. The minimum absolute atomic E-state index is 0.0552. The Hall–Kier alpha value is -1.17. The quantitative estimate of drug-likeness (QED) is 0.488. The number of carbonyl (C=O) groups is 1. The number of aromatic nitrogens is 3. The summed E-state index contributed by atoms with van der Waals surface area (Å²) in [5.74, 6) is -0.101. The van der Waals surface area contributed by atoms with Crippen molar-refractivity contribution in [2.24, 2.45) is 0 Å². The number of hydrogen-bond donors (Lipinski definition) is 1. The lowest BCUT2D eigenvalue weighted by Gasteiger charge is -2.17. The number of likely N-dealkylation sites (N-methyl/N-ethyl adjacent to an activating group) is 1. The molecule has 136 valence electrons. The molecule has 1 aromatic carbocycles. The second-order valence-corrected chi connectivity index (χ2v) is 8.31. The van der Waals surface area contributed by atoms with Gasteiger partial charge in [0.2, 0.25) is 0 Å². The summed E-state index contributed by atoms with van der Waals surface area (Å²) in [5, 5.41) is 9.03. The second-order valence-electron chi connectivity index (χ2n) is 5.78. The molecule has 0 aliphatic carbocycles. The Balaban J connectivity index is 2.06. The molecule has 9 heteroatoms. The van der Waals surface area contributed by atoms with Crippen molar-refractivity contribution in [3.05, 3.63) is 46.3 Å². The molecule has 0 fully saturated rings. The second kappa shape index (κ2) is 8.24. The molecule has 0 saturated heterocycles. The number of carbonyl (C=O) groups excluding carboxylic acids is 1. The largest absolute Gasteiger partial charge is 0.395 e. The lowest BCUT2D eigenvalue weighted by atomic mass is 10.0. The SMILES string of the molecule is Cc1cc(-c2cn(SI)c3ncc(Br)nc23)ccc1C(=O)N(C)CCO. The van der Waals surface area contributed by atoms with E-state index < -0.39 is 0 Å². The van der Waals surface area contributed by atoms with Gasteiger partial charge in [-0.25, -0.2) is 9.97 Å². The van der Waals surface area contributed by atoms with Crippen molar-refractivity contribution >= 4 is 63.3 Å². The molecule has 2 aromatic heterocycles. The predicted molar refractivity (Wildman–Crippen MR) is 116 cm³/mol. The predicted octanol–water partition coefficient (Wildman–Crippen LogP) is 4.08. The van der Waals surface area contributed by atoms with Crippen molar-refractivity contribution in [2.45, 2.75) is 6.92 Å². The molecule has 0 spiro atoms. The number of aliphatic hydroxyl groups excluding tert-OH is 1. The van der Waals surface area contributed by atoms with Crippen LogP contribution < -0.4 is 0 Å². The van der Waals surface area contributed by atoms with Crippen LogP contribution in [-0.2, 0) is 0 Å². The van der Waals surface area contributed by atoms with Crippen molar-refractivity contribution in [2.75, 3.05) is 20.2 Å². The van der Waals surface area contributed by atoms with Crippen LogP contribution in [0.2, 0.25) is 0 Å². The van der Waals surface area contributed by atoms with Gasteiger partial charge in [-0.1, -0.05) is 12.1 Å². The number of fused-ring (bicyclic) bond motifs is 1. The van der Waals surface area contributed by atoms with E-state index in [1.54, 1.807) is 13.2 Å². The number of aryl methyl sites for hydroxylation is 1. The molecule has 26 heavy (non-hydrogen) atoms. The lowest BCUT2D eigenvalue weighted by Crippen LogP contribution is -2.29. The Morgan fingerprint density at radius 2 is 2.23 bits per heavy atom. The van der Waals surface area contributed by atoms with E-state index >= 15 is 0 Å². The molecule has 0 bridgehead atoms. The molecule has 2 heterocycles. The highest BCUT2D eigenvalue weighted by Crippen LogP contribution is 2.34. The maximum atomic E-state index is 12.5. The van der Waals surface area contributed by atoms with Crippen LogP contribution in [0.5, 0.6) is 0 Å². The summed E-state index contributed by atoms with van der Waals surface area (Å²) in [5.41, 5.74) is 5.05. The zero-order chi connectivity index (χ0) is 18.8. The van der Waals surface area contributed by atoms with Gasteiger partial charge in [0.05, 0.1) is 12.8 Å². The van der Waals surface area contributed by atoms with Crippen molar-refractivity contribution < 1.29 is 9.90 Å². The van der Waals surface area contributed by atoms with Gasteiger partial charge in [0.15, 0.2) is 5.65 Å². The topological polar surface area (TPSA) is 71.2 Å². The number of amides is 1. The Morgan fingerprint density at radius 3 is 2.88 bits per heavy atom. The van der Waals surface area contributed by atoms with Gasteiger partial charge in [-0.15, -0.1) is 0 Å². The van der Waals surface area contributed by atoms with Gasteiger partial charge in [0.1, 0.15) is 10.1 Å². The summed E-state index contributed by atoms with van der Waals surface area (Å²) < 4.78 is 2.64. The van der Waals surface area contributed by atoms with Crippen molar-refractivity contribution in [3.63, 3.8) is 0 Å². The number of hydrogen-bond acceptors (Lipinski definition) is 5. The average molecular weight is 547 g/mol. The molecule has 0 radical (unpaired) electrons. The minimum atomic E-state index is -0.101. The standard InChI is InChI=1S/C17H16BrIN4O2S/c1-10-7-11(3-4-12(10)17(25)22(2)5-6-24)13-9-23(26-19)16-15(13)21-14(18)8-20-16/h3-4,7-9,24H,5-6H2,1-2H3. The molecule has 1 N–H and O–H groups in total. The van der Waals surface area contributed by atoms with Crippen LogP contribution in [0.1, 0.15) is 15.9 Å². The first-order valence-electron chi connectivity index (χ1n) is 7.76. The van der Waals surface area contributed by atoms with Gasteiger partial charge < -0.3 is 10.0 Å². The molecule has 0 atom stereocenters. The van der Waals surface area contributed by atoms with E-state index in [2.05, 4.69) is 47.1 Å². The monoisotopic (exact) mass is 546 g/mol. The minimum Gasteiger partial charge on any atom is -0.395 e. The van der Waals surface area contributed by atoms with Crippen LogP contribution >= 0.6 is 46.3 Å². The zero-order valence-corrected chi connectivity index (χ0v) is 18.7. The Kier molecular flexibility index (Phi) is 6.21. The number of rotatable bonds is 5. The normalized spacial score (nSPS) is 11.1. The van der Waals surface area contributed by atoms with E-state index in [1.807, 2.05) is 35.3 Å². The van der Waals surface area contributed by atoms with Crippen LogP contribution in [0.15, 0.2) is 35.2 Å². The van der Waals surface area contributed by atoms with E-state index in [1.165, 1.54) is 14.0 Å². The zero-order valence-electron chi connectivity index (χ0n) is 14.1. The molecule has 0 unspecified atom stereocenters. The van der Waals surface area contributed by atoms with Gasteiger partial charge in [0.25, 0.3) is 5.91 Å². The summed E-state index contributed by atoms with van der Waals surface area (Å²) >= 11 is 5.59. The van der Waals surface area contributed by atoms with Crippen LogP contribution in [-0.4, -0.2) is 50.1 Å². The maximum Gasteiger partial charge on any atom is 0.253 e. The van der Waals surface area contributed by atoms with E-state index in [0.717, 1.165) is 27.9 Å². The molecule has 0 saturated carbocycles. The smallest absolute Gasteiger partial charge is 0.253 e. The van der Waals surface area contributed by atoms with Crippen LogP contribution in [0.4, 0.5) is 0 Å². The fourth-order valence-electron chi connectivity index (χ4n) is 2.73. The highest BCUT2D eigenvalue weighted by Gasteiger charge is 2.17. The van der Waals surface area contributed by atoms with Crippen LogP contribution in [0.3, 0.4) is 0 Å². The van der Waals surface area contributed by atoms with E-state index in [4.69, 9.17) is 5.11 Å². The Labute approximate surface area is 175 Å². The fourth-order valence-corrected chi connectivity index (χ4v) is 4.26. The summed E-state index contributed by atoms with van der Waals surface area (Å²) in [6.07, 6.45) is 3.68. The highest BCUT2D eigenvalue weighted by atomic mass is 127. The van der Waals surface area contributed by atoms with E-state index in [-0.39, 0.29) is 12.5 Å². The summed E-state index contributed by atoms with van der Waals surface area (Å²) in [4.78, 5) is 23.0. The molecule has 1 amide bonds. The molecule has 0 aliphatic rings. The number of aliphatic hydroxyl groups is 1. The van der Waals surface area contributed by atoms with Gasteiger partial charge in [-0.2, -0.15) is 0 Å². The Morgan fingerprint density at radius 1 is 1.46 bits per heavy atom. The summed E-state index contributed by atoms with van der Waals surface area (Å²) in [6.45, 7) is 2.17. The molecular weight excluding hydrogens is 531 g/mol. The first-order valence-corrected chi connectivity index (χ1v) is 11.9. The number of benzene rings is 1. The average Bonchev–Trinajstić information content (AvgIpc) is 2.99. The van der Waals surface area contributed by atoms with Crippen LogP contribution in [0.25, 0.3) is 22.3 Å². The number of halogens is 2. The van der Waals surface area contributed by atoms with Crippen molar-refractivity contribution in [1.29, 1.82) is 0 Å². The van der Waals surface area contributed by atoms with Crippen LogP contribution in [0, 0.1) is 6.92 Å². The third kappa shape index (κ3) is 3.75.